The Kier molecular flexibility index (Phi) is 3.79. The molecule has 1 N–H and O–H groups in total. The van der Waals surface area contributed by atoms with Crippen LogP contribution >= 0.6 is 0 Å². The maximum atomic E-state index is 5.69. The van der Waals surface area contributed by atoms with Crippen molar-refractivity contribution in [3.05, 3.63) is 29.6 Å². The van der Waals surface area contributed by atoms with Crippen LogP contribution in [0.25, 0.3) is 0 Å². The van der Waals surface area contributed by atoms with Gasteiger partial charge in [0, 0.05) is 18.8 Å². The number of nitrogens with zero attached hydrogens (tertiary/aromatic N) is 1. The molecule has 2 rings (SSSR count). The minimum atomic E-state index is -0.103. The number of aromatic nitrogens is 1. The molecule has 1 aromatic rings. The van der Waals surface area contributed by atoms with Gasteiger partial charge in [-0.05, 0) is 45.2 Å². The van der Waals surface area contributed by atoms with Crippen LogP contribution in [0.1, 0.15) is 44.9 Å². The van der Waals surface area contributed by atoms with Crippen LogP contribution in [0.3, 0.4) is 0 Å². The maximum Gasteiger partial charge on any atom is 0.0894 e. The van der Waals surface area contributed by atoms with E-state index in [4.69, 9.17) is 4.74 Å². The van der Waals surface area contributed by atoms with Crippen molar-refractivity contribution in [1.82, 2.24) is 10.3 Å². The Bertz CT molecular complexity index is 349. The number of pyridine rings is 1. The molecule has 3 heteroatoms. The van der Waals surface area contributed by atoms with E-state index in [1.165, 1.54) is 18.4 Å². The maximum absolute atomic E-state index is 5.69. The molecule has 0 aromatic carbocycles. The van der Waals surface area contributed by atoms with Crippen LogP contribution in [0.2, 0.25) is 0 Å². The number of nitrogens with one attached hydrogen (secondary N) is 1. The highest BCUT2D eigenvalue weighted by Gasteiger charge is 2.19. The minimum Gasteiger partial charge on any atom is -0.370 e. The third kappa shape index (κ3) is 4.84. The molecule has 0 saturated heterocycles. The Morgan fingerprint density at radius 2 is 2.12 bits per heavy atom. The standard InChI is InChI=1S/C14H22N2O/c1-14(2,3)17-10-13-5-4-11(9-16-13)8-15-12-6-7-12/h4-5,9,12,15H,6-8,10H2,1-3H3. The van der Waals surface area contributed by atoms with Crippen molar-refractivity contribution in [3.63, 3.8) is 0 Å². The Hall–Kier alpha value is -0.930. The summed E-state index contributed by atoms with van der Waals surface area (Å²) in [6.45, 7) is 7.68. The van der Waals surface area contributed by atoms with Gasteiger partial charge in [-0.25, -0.2) is 0 Å². The highest BCUT2D eigenvalue weighted by Crippen LogP contribution is 2.19. The van der Waals surface area contributed by atoms with E-state index in [1.807, 2.05) is 6.20 Å². The summed E-state index contributed by atoms with van der Waals surface area (Å²) in [6.07, 6.45) is 4.59. The molecule has 94 valence electrons. The molecular weight excluding hydrogens is 212 g/mol. The van der Waals surface area contributed by atoms with E-state index in [9.17, 15) is 0 Å². The zero-order valence-corrected chi connectivity index (χ0v) is 11.0. The van der Waals surface area contributed by atoms with E-state index in [0.29, 0.717) is 6.61 Å². The highest BCUT2D eigenvalue weighted by molar-refractivity contribution is 5.13. The van der Waals surface area contributed by atoms with Gasteiger partial charge in [0.25, 0.3) is 0 Å². The van der Waals surface area contributed by atoms with Crippen LogP contribution in [0.4, 0.5) is 0 Å². The van der Waals surface area contributed by atoms with Crippen LogP contribution in [0, 0.1) is 0 Å². The summed E-state index contributed by atoms with van der Waals surface area (Å²) < 4.78 is 5.69. The van der Waals surface area contributed by atoms with Gasteiger partial charge < -0.3 is 10.1 Å². The van der Waals surface area contributed by atoms with Gasteiger partial charge in [0.05, 0.1) is 17.9 Å². The predicted molar refractivity (Wildman–Crippen MR) is 68.6 cm³/mol. The molecule has 17 heavy (non-hydrogen) atoms. The van der Waals surface area contributed by atoms with Crippen LogP contribution in [0.5, 0.6) is 0 Å². The van der Waals surface area contributed by atoms with E-state index in [2.05, 4.69) is 43.2 Å². The Labute approximate surface area is 104 Å². The second-order valence-electron chi connectivity index (χ2n) is 5.71. The normalized spacial score (nSPS) is 16.2. The lowest BCUT2D eigenvalue weighted by atomic mass is 10.2. The number of hydrogen-bond donors (Lipinski definition) is 1. The Morgan fingerprint density at radius 3 is 2.65 bits per heavy atom. The molecule has 0 spiro atoms. The van der Waals surface area contributed by atoms with Crippen LogP contribution in [0.15, 0.2) is 18.3 Å². The molecule has 1 aliphatic carbocycles. The minimum absolute atomic E-state index is 0.103. The van der Waals surface area contributed by atoms with Crippen LogP contribution in [-0.2, 0) is 17.9 Å². The molecule has 1 saturated carbocycles. The van der Waals surface area contributed by atoms with Crippen LogP contribution < -0.4 is 5.32 Å². The third-order valence-corrected chi connectivity index (χ3v) is 2.71. The number of ether oxygens (including phenoxy) is 1. The number of hydrogen-bond acceptors (Lipinski definition) is 3. The second kappa shape index (κ2) is 5.15. The fourth-order valence-electron chi connectivity index (χ4n) is 1.49. The van der Waals surface area contributed by atoms with Gasteiger partial charge in [-0.3, -0.25) is 4.98 Å². The van der Waals surface area contributed by atoms with Crippen molar-refractivity contribution in [3.8, 4) is 0 Å². The van der Waals surface area contributed by atoms with Gasteiger partial charge in [-0.2, -0.15) is 0 Å². The lowest BCUT2D eigenvalue weighted by Gasteiger charge is -2.19. The van der Waals surface area contributed by atoms with Crippen molar-refractivity contribution < 1.29 is 4.74 Å². The largest absolute Gasteiger partial charge is 0.370 e. The fraction of sp³-hybridized carbons (Fsp3) is 0.643. The summed E-state index contributed by atoms with van der Waals surface area (Å²) in [5, 5.41) is 3.48. The SMILES string of the molecule is CC(C)(C)OCc1ccc(CNC2CC2)cn1. The van der Waals surface area contributed by atoms with Crippen molar-refractivity contribution in [2.75, 3.05) is 0 Å². The van der Waals surface area contributed by atoms with Crippen LogP contribution in [-0.4, -0.2) is 16.6 Å². The molecule has 3 nitrogen and oxygen atoms in total. The fourth-order valence-corrected chi connectivity index (χ4v) is 1.49. The van der Waals surface area contributed by atoms with E-state index in [0.717, 1.165) is 18.3 Å². The van der Waals surface area contributed by atoms with Gasteiger partial charge in [-0.1, -0.05) is 6.07 Å². The van der Waals surface area contributed by atoms with Gasteiger partial charge >= 0.3 is 0 Å². The lowest BCUT2D eigenvalue weighted by Crippen LogP contribution is -2.19. The van der Waals surface area contributed by atoms with Gasteiger partial charge in [0.1, 0.15) is 0 Å². The average molecular weight is 234 g/mol. The van der Waals surface area contributed by atoms with E-state index < -0.39 is 0 Å². The predicted octanol–water partition coefficient (Wildman–Crippen LogP) is 2.65. The molecule has 1 aliphatic rings. The van der Waals surface area contributed by atoms with Crippen molar-refractivity contribution in [2.45, 2.75) is 58.4 Å². The summed E-state index contributed by atoms with van der Waals surface area (Å²) in [6, 6.07) is 4.93. The molecule has 1 fully saturated rings. The summed E-state index contributed by atoms with van der Waals surface area (Å²) in [4.78, 5) is 4.42. The third-order valence-electron chi connectivity index (χ3n) is 2.71. The Morgan fingerprint density at radius 1 is 1.35 bits per heavy atom. The van der Waals surface area contributed by atoms with Gasteiger partial charge in [0.15, 0.2) is 0 Å². The molecule has 1 aromatic heterocycles. The zero-order valence-electron chi connectivity index (χ0n) is 11.0. The highest BCUT2D eigenvalue weighted by atomic mass is 16.5. The first-order chi connectivity index (χ1) is 8.03. The topological polar surface area (TPSA) is 34.1 Å². The van der Waals surface area contributed by atoms with Crippen molar-refractivity contribution >= 4 is 0 Å². The molecule has 0 unspecified atom stereocenters. The monoisotopic (exact) mass is 234 g/mol. The molecule has 0 bridgehead atoms. The molecule has 0 amide bonds. The lowest BCUT2D eigenvalue weighted by molar-refractivity contribution is -0.0164. The Balaban J connectivity index is 1.79. The van der Waals surface area contributed by atoms with E-state index in [-0.39, 0.29) is 5.60 Å². The molecule has 0 aliphatic heterocycles. The smallest absolute Gasteiger partial charge is 0.0894 e. The van der Waals surface area contributed by atoms with E-state index in [1.54, 1.807) is 0 Å². The summed E-state index contributed by atoms with van der Waals surface area (Å²) in [7, 11) is 0. The van der Waals surface area contributed by atoms with Crippen molar-refractivity contribution in [1.29, 1.82) is 0 Å². The summed E-state index contributed by atoms with van der Waals surface area (Å²) in [5.74, 6) is 0. The zero-order chi connectivity index (χ0) is 12.3. The van der Waals surface area contributed by atoms with Gasteiger partial charge in [-0.15, -0.1) is 0 Å². The molecule has 0 atom stereocenters. The first-order valence-electron chi connectivity index (χ1n) is 6.34. The average Bonchev–Trinajstić information content (AvgIpc) is 3.08. The summed E-state index contributed by atoms with van der Waals surface area (Å²) >= 11 is 0. The number of rotatable bonds is 5. The van der Waals surface area contributed by atoms with E-state index >= 15 is 0 Å². The quantitative estimate of drug-likeness (QED) is 0.850. The first-order valence-corrected chi connectivity index (χ1v) is 6.34. The first kappa shape index (κ1) is 12.5. The molecular formula is C14H22N2O. The van der Waals surface area contributed by atoms with Crippen molar-refractivity contribution in [2.24, 2.45) is 0 Å². The molecule has 1 heterocycles. The molecule has 0 radical (unpaired) electrons. The van der Waals surface area contributed by atoms with Gasteiger partial charge in [0.2, 0.25) is 0 Å². The summed E-state index contributed by atoms with van der Waals surface area (Å²) in [5.41, 5.74) is 2.14. The second-order valence-corrected chi connectivity index (χ2v) is 5.71.